The topological polar surface area (TPSA) is 38.0 Å². The lowest BCUT2D eigenvalue weighted by atomic mass is 9.83. The molecule has 1 aliphatic carbocycles. The second kappa shape index (κ2) is 2.19. The van der Waals surface area contributed by atoms with Crippen molar-refractivity contribution >= 4 is 0 Å². The number of nitrogens with two attached hydrogens (primary N) is 1. The van der Waals surface area contributed by atoms with Crippen LogP contribution in [0.15, 0.2) is 23.8 Å². The molecule has 0 aromatic heterocycles. The third kappa shape index (κ3) is 1.03. The van der Waals surface area contributed by atoms with E-state index in [2.05, 4.69) is 30.5 Å². The Bertz CT molecular complexity index is 230. The molecule has 1 saturated heterocycles. The minimum atomic E-state index is -0.0977. The van der Waals surface area contributed by atoms with Gasteiger partial charge in [0.2, 0.25) is 0 Å². The Labute approximate surface area is 67.2 Å². The molecular formula is C9H14N2. The zero-order chi connectivity index (χ0) is 7.90. The van der Waals surface area contributed by atoms with Crippen LogP contribution in [-0.2, 0) is 0 Å². The Hall–Kier alpha value is -0.600. The number of allylic oxidation sites excluding steroid dienone is 2. The summed E-state index contributed by atoms with van der Waals surface area (Å²) < 4.78 is 0. The van der Waals surface area contributed by atoms with Gasteiger partial charge in [-0.2, -0.15) is 0 Å². The van der Waals surface area contributed by atoms with Gasteiger partial charge < -0.3 is 11.1 Å². The van der Waals surface area contributed by atoms with Crippen molar-refractivity contribution in [1.82, 2.24) is 5.32 Å². The summed E-state index contributed by atoms with van der Waals surface area (Å²) in [6.45, 7) is 4.06. The fraction of sp³-hybridized carbons (Fsp3) is 0.556. The molecule has 0 radical (unpaired) electrons. The number of hydrogen-bond acceptors (Lipinski definition) is 2. The van der Waals surface area contributed by atoms with Crippen molar-refractivity contribution in [3.05, 3.63) is 23.8 Å². The molecule has 0 amide bonds. The summed E-state index contributed by atoms with van der Waals surface area (Å²) in [6.07, 6.45) is 6.51. The van der Waals surface area contributed by atoms with Gasteiger partial charge in [0.05, 0.1) is 5.54 Å². The molecule has 2 nitrogen and oxygen atoms in total. The van der Waals surface area contributed by atoms with E-state index in [1.54, 1.807) is 0 Å². The fourth-order valence-corrected chi connectivity index (χ4v) is 1.82. The van der Waals surface area contributed by atoms with Crippen LogP contribution < -0.4 is 11.1 Å². The first-order valence-corrected chi connectivity index (χ1v) is 4.08. The maximum absolute atomic E-state index is 6.13. The van der Waals surface area contributed by atoms with Gasteiger partial charge >= 0.3 is 0 Å². The van der Waals surface area contributed by atoms with Crippen LogP contribution >= 0.6 is 0 Å². The molecule has 1 heterocycles. The van der Waals surface area contributed by atoms with Gasteiger partial charge in [0, 0.05) is 19.0 Å². The normalized spacial score (nSPS) is 42.0. The van der Waals surface area contributed by atoms with E-state index in [4.69, 9.17) is 5.73 Å². The zero-order valence-electron chi connectivity index (χ0n) is 6.80. The maximum Gasteiger partial charge on any atom is 0.0544 e. The van der Waals surface area contributed by atoms with Crippen LogP contribution in [0.2, 0.25) is 0 Å². The predicted molar refractivity (Wildman–Crippen MR) is 46.2 cm³/mol. The SMILES string of the molecule is CC1=CC2CNCC2(N)C=C1. The average Bonchev–Trinajstić information content (AvgIpc) is 2.31. The Kier molecular flexibility index (Phi) is 1.41. The highest BCUT2D eigenvalue weighted by Gasteiger charge is 2.37. The second-order valence-electron chi connectivity index (χ2n) is 3.59. The van der Waals surface area contributed by atoms with E-state index in [9.17, 15) is 0 Å². The number of hydrogen-bond donors (Lipinski definition) is 2. The van der Waals surface area contributed by atoms with Crippen molar-refractivity contribution in [2.45, 2.75) is 12.5 Å². The van der Waals surface area contributed by atoms with Crippen LogP contribution in [0.4, 0.5) is 0 Å². The molecule has 2 unspecified atom stereocenters. The van der Waals surface area contributed by atoms with E-state index in [0.717, 1.165) is 13.1 Å². The third-order valence-corrected chi connectivity index (χ3v) is 2.61. The minimum Gasteiger partial charge on any atom is -0.320 e. The summed E-state index contributed by atoms with van der Waals surface area (Å²) in [7, 11) is 0. The Morgan fingerprint density at radius 3 is 3.36 bits per heavy atom. The minimum absolute atomic E-state index is 0.0977. The lowest BCUT2D eigenvalue weighted by molar-refractivity contribution is 0.486. The van der Waals surface area contributed by atoms with E-state index in [1.807, 2.05) is 0 Å². The predicted octanol–water partition coefficient (Wildman–Crippen LogP) is 0.419. The first kappa shape index (κ1) is 7.07. The molecule has 0 aromatic rings. The average molecular weight is 150 g/mol. The lowest BCUT2D eigenvalue weighted by Gasteiger charge is -2.27. The molecule has 2 rings (SSSR count). The summed E-state index contributed by atoms with van der Waals surface area (Å²) >= 11 is 0. The van der Waals surface area contributed by atoms with Gasteiger partial charge in [0.25, 0.3) is 0 Å². The van der Waals surface area contributed by atoms with Crippen molar-refractivity contribution in [3.8, 4) is 0 Å². The standard InChI is InChI=1S/C9H14N2/c1-7-2-3-9(10)6-11-5-8(9)4-7/h2-4,8,11H,5-6,10H2,1H3. The van der Waals surface area contributed by atoms with Crippen LogP contribution in [0, 0.1) is 5.92 Å². The molecule has 60 valence electrons. The molecule has 0 saturated carbocycles. The van der Waals surface area contributed by atoms with E-state index < -0.39 is 0 Å². The Balaban J connectivity index is 2.31. The van der Waals surface area contributed by atoms with Gasteiger partial charge in [-0.3, -0.25) is 0 Å². The van der Waals surface area contributed by atoms with E-state index in [1.165, 1.54) is 5.57 Å². The quantitative estimate of drug-likeness (QED) is 0.525. The molecule has 0 aromatic carbocycles. The highest BCUT2D eigenvalue weighted by molar-refractivity contribution is 5.32. The van der Waals surface area contributed by atoms with Crippen LogP contribution in [0.5, 0.6) is 0 Å². The number of rotatable bonds is 0. The highest BCUT2D eigenvalue weighted by atomic mass is 15.0. The van der Waals surface area contributed by atoms with Crippen molar-refractivity contribution in [2.24, 2.45) is 11.7 Å². The third-order valence-electron chi connectivity index (χ3n) is 2.61. The van der Waals surface area contributed by atoms with Gasteiger partial charge in [-0.15, -0.1) is 0 Å². The molecule has 2 heteroatoms. The first-order valence-electron chi connectivity index (χ1n) is 4.08. The van der Waals surface area contributed by atoms with Gasteiger partial charge in [-0.1, -0.05) is 23.8 Å². The molecule has 2 atom stereocenters. The molecule has 0 bridgehead atoms. The molecule has 3 N–H and O–H groups in total. The summed E-state index contributed by atoms with van der Waals surface area (Å²) in [5.74, 6) is 0.507. The van der Waals surface area contributed by atoms with Gasteiger partial charge in [-0.25, -0.2) is 0 Å². The van der Waals surface area contributed by atoms with Crippen LogP contribution in [0.1, 0.15) is 6.92 Å². The zero-order valence-corrected chi connectivity index (χ0v) is 6.80. The number of fused-ring (bicyclic) bond motifs is 1. The molecule has 2 aliphatic rings. The molecule has 1 aliphatic heterocycles. The monoisotopic (exact) mass is 150 g/mol. The van der Waals surface area contributed by atoms with Gasteiger partial charge in [-0.05, 0) is 6.92 Å². The van der Waals surface area contributed by atoms with E-state index in [-0.39, 0.29) is 5.54 Å². The number of nitrogens with one attached hydrogen (secondary N) is 1. The van der Waals surface area contributed by atoms with Crippen molar-refractivity contribution in [1.29, 1.82) is 0 Å². The second-order valence-corrected chi connectivity index (χ2v) is 3.59. The Morgan fingerprint density at radius 1 is 1.73 bits per heavy atom. The van der Waals surface area contributed by atoms with Crippen LogP contribution in [0.25, 0.3) is 0 Å². The lowest BCUT2D eigenvalue weighted by Crippen LogP contribution is -2.45. The van der Waals surface area contributed by atoms with Crippen molar-refractivity contribution in [2.75, 3.05) is 13.1 Å². The molecule has 0 spiro atoms. The smallest absolute Gasteiger partial charge is 0.0544 e. The summed E-state index contributed by atoms with van der Waals surface area (Å²) in [5.41, 5.74) is 7.37. The highest BCUT2D eigenvalue weighted by Crippen LogP contribution is 2.27. The molecular weight excluding hydrogens is 136 g/mol. The maximum atomic E-state index is 6.13. The van der Waals surface area contributed by atoms with E-state index in [0.29, 0.717) is 5.92 Å². The summed E-state index contributed by atoms with van der Waals surface area (Å²) in [5, 5.41) is 3.30. The summed E-state index contributed by atoms with van der Waals surface area (Å²) in [4.78, 5) is 0. The van der Waals surface area contributed by atoms with Crippen molar-refractivity contribution in [3.63, 3.8) is 0 Å². The largest absolute Gasteiger partial charge is 0.320 e. The Morgan fingerprint density at radius 2 is 2.55 bits per heavy atom. The van der Waals surface area contributed by atoms with Gasteiger partial charge in [0.1, 0.15) is 0 Å². The van der Waals surface area contributed by atoms with Crippen LogP contribution in [-0.4, -0.2) is 18.6 Å². The van der Waals surface area contributed by atoms with Crippen molar-refractivity contribution < 1.29 is 0 Å². The fourth-order valence-electron chi connectivity index (χ4n) is 1.82. The van der Waals surface area contributed by atoms with E-state index >= 15 is 0 Å². The summed E-state index contributed by atoms with van der Waals surface area (Å²) in [6, 6.07) is 0. The van der Waals surface area contributed by atoms with Crippen LogP contribution in [0.3, 0.4) is 0 Å². The first-order chi connectivity index (χ1) is 5.21. The van der Waals surface area contributed by atoms with Gasteiger partial charge in [0.15, 0.2) is 0 Å². The molecule has 1 fully saturated rings. The molecule has 11 heavy (non-hydrogen) atoms.